The fourth-order valence-electron chi connectivity index (χ4n) is 4.05. The molecule has 0 N–H and O–H groups in total. The zero-order valence-electron chi connectivity index (χ0n) is 18.0. The summed E-state index contributed by atoms with van der Waals surface area (Å²) < 4.78 is 5.20. The number of para-hydroxylation sites is 2. The van der Waals surface area contributed by atoms with Gasteiger partial charge in [0.25, 0.3) is 5.91 Å². The number of methoxy groups -OCH3 is 1. The molecule has 0 unspecified atom stereocenters. The number of nitrogens with zero attached hydrogens (tertiary/aromatic N) is 5. The van der Waals surface area contributed by atoms with Crippen LogP contribution in [0.15, 0.2) is 72.8 Å². The molecule has 0 saturated heterocycles. The summed E-state index contributed by atoms with van der Waals surface area (Å²) in [5.74, 6) is 1.11. The van der Waals surface area contributed by atoms with Crippen molar-refractivity contribution in [2.24, 2.45) is 0 Å². The molecule has 32 heavy (non-hydrogen) atoms. The summed E-state index contributed by atoms with van der Waals surface area (Å²) >= 11 is 0. The lowest BCUT2D eigenvalue weighted by Crippen LogP contribution is -2.34. The summed E-state index contributed by atoms with van der Waals surface area (Å²) in [5, 5.41) is 12.8. The number of rotatable bonds is 4. The molecule has 1 aromatic heterocycles. The van der Waals surface area contributed by atoms with E-state index in [2.05, 4.69) is 27.5 Å². The molecular weight excluding hydrogens is 402 g/mol. The highest BCUT2D eigenvalue weighted by Gasteiger charge is 2.31. The average Bonchev–Trinajstić information content (AvgIpc) is 3.27. The number of hydrogen-bond acceptors (Lipinski definition) is 5. The highest BCUT2D eigenvalue weighted by molar-refractivity contribution is 6.04. The van der Waals surface area contributed by atoms with E-state index in [-0.39, 0.29) is 5.91 Å². The molecule has 4 aromatic rings. The van der Waals surface area contributed by atoms with Gasteiger partial charge in [-0.2, -0.15) is 4.80 Å². The molecule has 0 fully saturated rings. The van der Waals surface area contributed by atoms with E-state index in [0.717, 1.165) is 46.7 Å². The maximum atomic E-state index is 13.8. The summed E-state index contributed by atoms with van der Waals surface area (Å²) in [6.07, 6.45) is 1.77. The molecule has 1 atom stereocenters. The second-order valence-electron chi connectivity index (χ2n) is 7.77. The smallest absolute Gasteiger partial charge is 0.258 e. The topological polar surface area (TPSA) is 73.1 Å². The van der Waals surface area contributed by atoms with Gasteiger partial charge < -0.3 is 4.74 Å². The molecule has 1 aliphatic heterocycles. The van der Waals surface area contributed by atoms with Crippen LogP contribution in [0, 0.1) is 0 Å². The number of tetrazole rings is 1. The van der Waals surface area contributed by atoms with E-state index >= 15 is 0 Å². The van der Waals surface area contributed by atoms with Crippen LogP contribution in [0.5, 0.6) is 5.75 Å². The van der Waals surface area contributed by atoms with Crippen molar-refractivity contribution in [3.63, 3.8) is 0 Å². The Morgan fingerprint density at radius 2 is 1.50 bits per heavy atom. The largest absolute Gasteiger partial charge is 0.497 e. The van der Waals surface area contributed by atoms with Gasteiger partial charge in [-0.15, -0.1) is 10.2 Å². The lowest BCUT2D eigenvalue weighted by atomic mass is 10.0. The zero-order chi connectivity index (χ0) is 22.1. The van der Waals surface area contributed by atoms with E-state index in [9.17, 15) is 4.79 Å². The molecule has 0 saturated carbocycles. The molecule has 160 valence electrons. The summed E-state index contributed by atoms with van der Waals surface area (Å²) in [4.78, 5) is 17.0. The third-order valence-corrected chi connectivity index (χ3v) is 5.83. The first-order chi connectivity index (χ1) is 15.7. The number of aromatic nitrogens is 4. The van der Waals surface area contributed by atoms with E-state index in [1.807, 2.05) is 60.7 Å². The van der Waals surface area contributed by atoms with Crippen molar-refractivity contribution in [2.75, 3.05) is 12.0 Å². The molecular formula is C25H23N5O2. The Morgan fingerprint density at radius 3 is 2.09 bits per heavy atom. The first kappa shape index (κ1) is 19.9. The molecule has 0 radical (unpaired) electrons. The Bertz CT molecular complexity index is 1220. The number of anilines is 2. The average molecular weight is 425 g/mol. The van der Waals surface area contributed by atoms with Crippen LogP contribution in [0.25, 0.3) is 11.4 Å². The molecule has 7 nitrogen and oxygen atoms in total. The van der Waals surface area contributed by atoms with Crippen molar-refractivity contribution < 1.29 is 9.53 Å². The predicted molar refractivity (Wildman–Crippen MR) is 122 cm³/mol. The minimum Gasteiger partial charge on any atom is -0.497 e. The van der Waals surface area contributed by atoms with Gasteiger partial charge in [-0.1, -0.05) is 36.4 Å². The monoisotopic (exact) mass is 425 g/mol. The van der Waals surface area contributed by atoms with Crippen molar-refractivity contribution in [3.05, 3.63) is 83.9 Å². The minimum atomic E-state index is -0.631. The number of carbonyl (C=O) groups is 1. The van der Waals surface area contributed by atoms with Crippen LogP contribution in [0.2, 0.25) is 0 Å². The van der Waals surface area contributed by atoms with Crippen LogP contribution >= 0.6 is 0 Å². The Labute approximate surface area is 186 Å². The van der Waals surface area contributed by atoms with Gasteiger partial charge in [0.15, 0.2) is 0 Å². The van der Waals surface area contributed by atoms with Crippen molar-refractivity contribution in [3.8, 4) is 17.1 Å². The molecule has 7 heteroatoms. The number of amides is 1. The Balaban J connectivity index is 1.50. The lowest BCUT2D eigenvalue weighted by Gasteiger charge is -2.27. The van der Waals surface area contributed by atoms with Gasteiger partial charge in [-0.3, -0.25) is 9.69 Å². The molecule has 3 aromatic carbocycles. The third kappa shape index (κ3) is 3.51. The van der Waals surface area contributed by atoms with Crippen LogP contribution in [-0.2, 0) is 17.6 Å². The number of carbonyl (C=O) groups excluding carboxylic acids is 1. The van der Waals surface area contributed by atoms with Crippen LogP contribution < -0.4 is 9.64 Å². The van der Waals surface area contributed by atoms with Crippen molar-refractivity contribution in [1.82, 2.24) is 20.2 Å². The second-order valence-corrected chi connectivity index (χ2v) is 7.77. The fourth-order valence-corrected chi connectivity index (χ4v) is 4.05. The Kier molecular flexibility index (Phi) is 5.15. The maximum Gasteiger partial charge on any atom is 0.258 e. The van der Waals surface area contributed by atoms with Crippen molar-refractivity contribution >= 4 is 17.3 Å². The van der Waals surface area contributed by atoms with Crippen molar-refractivity contribution in [2.45, 2.75) is 25.8 Å². The lowest BCUT2D eigenvalue weighted by molar-refractivity contribution is -0.121. The van der Waals surface area contributed by atoms with E-state index in [1.165, 1.54) is 4.80 Å². The first-order valence-corrected chi connectivity index (χ1v) is 10.6. The second kappa shape index (κ2) is 8.26. The van der Waals surface area contributed by atoms with Gasteiger partial charge in [-0.05, 0) is 72.5 Å². The quantitative estimate of drug-likeness (QED) is 0.485. The standard InChI is InChI=1S/C25H23N5O2/c1-17(30-27-24(26-28-30)20-13-15-21(32-2)16-14-20)25(31)29-22-9-5-3-7-18(22)11-12-19-8-4-6-10-23(19)29/h3-10,13-17H,11-12H2,1-2H3/t17-/m0/s1. The molecule has 5 rings (SSSR count). The number of ether oxygens (including phenoxy) is 1. The molecule has 0 aliphatic carbocycles. The highest BCUT2D eigenvalue weighted by Crippen LogP contribution is 2.37. The predicted octanol–water partition coefficient (Wildman–Crippen LogP) is 4.37. The van der Waals surface area contributed by atoms with E-state index in [4.69, 9.17) is 4.74 Å². The zero-order valence-corrected chi connectivity index (χ0v) is 18.0. The number of fused-ring (bicyclic) bond motifs is 2. The molecule has 0 spiro atoms. The fraction of sp³-hybridized carbons (Fsp3) is 0.200. The Hall–Kier alpha value is -4.00. The van der Waals surface area contributed by atoms with Gasteiger partial charge in [-0.25, -0.2) is 0 Å². The summed E-state index contributed by atoms with van der Waals surface area (Å²) in [6.45, 7) is 1.80. The third-order valence-electron chi connectivity index (χ3n) is 5.83. The summed E-state index contributed by atoms with van der Waals surface area (Å²) in [7, 11) is 1.62. The van der Waals surface area contributed by atoms with E-state index in [0.29, 0.717) is 5.82 Å². The number of hydrogen-bond donors (Lipinski definition) is 0. The van der Waals surface area contributed by atoms with Gasteiger partial charge in [0.1, 0.15) is 11.8 Å². The maximum absolute atomic E-state index is 13.8. The SMILES string of the molecule is COc1ccc(-c2nnn([C@@H](C)C(=O)N3c4ccccc4CCc4ccccc43)n2)cc1. The minimum absolute atomic E-state index is 0.106. The molecule has 1 aliphatic rings. The van der Waals surface area contributed by atoms with Crippen LogP contribution in [0.3, 0.4) is 0 Å². The summed E-state index contributed by atoms with van der Waals surface area (Å²) in [5.41, 5.74) is 4.92. The normalized spacial score (nSPS) is 13.6. The number of aryl methyl sites for hydroxylation is 2. The van der Waals surface area contributed by atoms with E-state index < -0.39 is 6.04 Å². The van der Waals surface area contributed by atoms with Gasteiger partial charge in [0, 0.05) is 5.56 Å². The summed E-state index contributed by atoms with van der Waals surface area (Å²) in [6, 6.07) is 22.9. The molecule has 1 amide bonds. The van der Waals surface area contributed by atoms with Crippen LogP contribution in [-0.4, -0.2) is 33.2 Å². The number of benzene rings is 3. The first-order valence-electron chi connectivity index (χ1n) is 10.6. The van der Waals surface area contributed by atoms with Gasteiger partial charge in [0.2, 0.25) is 5.82 Å². The highest BCUT2D eigenvalue weighted by atomic mass is 16.5. The molecule has 2 heterocycles. The van der Waals surface area contributed by atoms with Crippen molar-refractivity contribution in [1.29, 1.82) is 0 Å². The van der Waals surface area contributed by atoms with E-state index in [1.54, 1.807) is 18.9 Å². The Morgan fingerprint density at radius 1 is 0.906 bits per heavy atom. The van der Waals surface area contributed by atoms with Crippen LogP contribution in [0.1, 0.15) is 24.1 Å². The van der Waals surface area contributed by atoms with Gasteiger partial charge >= 0.3 is 0 Å². The van der Waals surface area contributed by atoms with Gasteiger partial charge in [0.05, 0.1) is 18.5 Å². The molecule has 0 bridgehead atoms. The van der Waals surface area contributed by atoms with Crippen LogP contribution in [0.4, 0.5) is 11.4 Å².